The predicted octanol–water partition coefficient (Wildman–Crippen LogP) is 2.89. The normalized spacial score (nSPS) is 10.4. The van der Waals surface area contributed by atoms with Gasteiger partial charge in [-0.1, -0.05) is 30.3 Å². The van der Waals surface area contributed by atoms with Crippen LogP contribution in [0, 0.1) is 6.92 Å². The molecule has 0 amide bonds. The fourth-order valence-corrected chi connectivity index (χ4v) is 2.08. The number of aryl methyl sites for hydroxylation is 1. The van der Waals surface area contributed by atoms with Crippen molar-refractivity contribution >= 4 is 11.9 Å². The van der Waals surface area contributed by atoms with Crippen LogP contribution in [-0.2, 0) is 5.75 Å². The molecule has 0 saturated carbocycles. The van der Waals surface area contributed by atoms with Crippen LogP contribution in [-0.4, -0.2) is 8.96 Å². The highest BCUT2D eigenvalue weighted by Crippen LogP contribution is 2.15. The summed E-state index contributed by atoms with van der Waals surface area (Å²) in [4.78, 5) is 4.17. The van der Waals surface area contributed by atoms with Crippen molar-refractivity contribution in [1.29, 1.82) is 0 Å². The van der Waals surface area contributed by atoms with Crippen molar-refractivity contribution in [3.05, 3.63) is 54.1 Å². The molecular weight excluding hydrogens is 192 g/mol. The molecule has 0 N–H and O–H groups in total. The second-order valence-corrected chi connectivity index (χ2v) is 4.00. The minimum atomic E-state index is 0.984. The summed E-state index contributed by atoms with van der Waals surface area (Å²) in [6, 6.07) is 10.4. The monoisotopic (exact) mass is 204 g/mol. The molecule has 1 aromatic carbocycles. The number of aromatic nitrogens is 2. The van der Waals surface area contributed by atoms with Gasteiger partial charge < -0.3 is 0 Å². The van der Waals surface area contributed by atoms with Crippen LogP contribution in [0.4, 0.5) is 0 Å². The van der Waals surface area contributed by atoms with Crippen molar-refractivity contribution in [2.75, 3.05) is 0 Å². The maximum atomic E-state index is 4.17. The quantitative estimate of drug-likeness (QED) is 0.765. The van der Waals surface area contributed by atoms with Gasteiger partial charge in [-0.3, -0.25) is 3.97 Å². The second-order valence-electron chi connectivity index (χ2n) is 3.06. The Bertz CT molecular complexity index is 395. The Morgan fingerprint density at radius 2 is 2.07 bits per heavy atom. The summed E-state index contributed by atoms with van der Waals surface area (Å²) >= 11 is 1.76. The van der Waals surface area contributed by atoms with Crippen molar-refractivity contribution < 1.29 is 0 Å². The molecule has 0 aliphatic carbocycles. The van der Waals surface area contributed by atoms with Crippen molar-refractivity contribution in [1.82, 2.24) is 8.96 Å². The summed E-state index contributed by atoms with van der Waals surface area (Å²) in [5, 5.41) is 0. The van der Waals surface area contributed by atoms with E-state index in [9.17, 15) is 0 Å². The molecule has 0 saturated heterocycles. The molecule has 0 fully saturated rings. The molecule has 0 aliphatic heterocycles. The molecule has 0 radical (unpaired) electrons. The molecule has 0 bridgehead atoms. The molecule has 0 spiro atoms. The third-order valence-corrected chi connectivity index (χ3v) is 3.12. The Balaban J connectivity index is 1.99. The number of hydrogen-bond donors (Lipinski definition) is 0. The Morgan fingerprint density at radius 1 is 1.29 bits per heavy atom. The number of benzene rings is 1. The molecule has 1 heterocycles. The van der Waals surface area contributed by atoms with Crippen LogP contribution >= 0.6 is 11.9 Å². The van der Waals surface area contributed by atoms with Gasteiger partial charge in [0, 0.05) is 18.1 Å². The average molecular weight is 204 g/mol. The van der Waals surface area contributed by atoms with Gasteiger partial charge in [0.05, 0.1) is 0 Å². The smallest absolute Gasteiger partial charge is 0.115 e. The van der Waals surface area contributed by atoms with Crippen molar-refractivity contribution in [3.8, 4) is 0 Å². The zero-order chi connectivity index (χ0) is 9.80. The first-order valence-electron chi connectivity index (χ1n) is 4.53. The van der Waals surface area contributed by atoms with E-state index in [2.05, 4.69) is 33.2 Å². The molecule has 3 heteroatoms. The Labute approximate surface area is 88.1 Å². The first kappa shape index (κ1) is 9.34. The Morgan fingerprint density at radius 3 is 2.71 bits per heavy atom. The first-order valence-corrected chi connectivity index (χ1v) is 5.47. The van der Waals surface area contributed by atoms with E-state index in [1.54, 1.807) is 11.9 Å². The van der Waals surface area contributed by atoms with E-state index < -0.39 is 0 Å². The number of hydrogen-bond acceptors (Lipinski definition) is 2. The summed E-state index contributed by atoms with van der Waals surface area (Å²) in [6.07, 6.45) is 3.82. The lowest BCUT2D eigenvalue weighted by Gasteiger charge is -2.03. The maximum absolute atomic E-state index is 4.17. The summed E-state index contributed by atoms with van der Waals surface area (Å²) < 4.78 is 2.09. The summed E-state index contributed by atoms with van der Waals surface area (Å²) in [5.74, 6) is 2.03. The van der Waals surface area contributed by atoms with E-state index in [1.807, 2.05) is 25.4 Å². The van der Waals surface area contributed by atoms with Gasteiger partial charge in [-0.05, 0) is 24.4 Å². The minimum Gasteiger partial charge on any atom is -0.277 e. The Kier molecular flexibility index (Phi) is 2.89. The van der Waals surface area contributed by atoms with Gasteiger partial charge in [0.15, 0.2) is 0 Å². The first-order chi connectivity index (χ1) is 6.86. The van der Waals surface area contributed by atoms with Gasteiger partial charge in [-0.2, -0.15) is 0 Å². The van der Waals surface area contributed by atoms with E-state index in [0.717, 1.165) is 11.6 Å². The van der Waals surface area contributed by atoms with Gasteiger partial charge in [-0.15, -0.1) is 0 Å². The third kappa shape index (κ3) is 2.17. The standard InChI is InChI=1S/C11H12N2S/c1-10-12-7-8-13(10)14-9-11-5-3-2-4-6-11/h2-8H,9H2,1H3. The van der Waals surface area contributed by atoms with E-state index in [4.69, 9.17) is 0 Å². The van der Waals surface area contributed by atoms with E-state index in [-0.39, 0.29) is 0 Å². The lowest BCUT2D eigenvalue weighted by molar-refractivity contribution is 1.09. The largest absolute Gasteiger partial charge is 0.277 e. The highest BCUT2D eigenvalue weighted by Gasteiger charge is 1.97. The molecule has 0 unspecified atom stereocenters. The zero-order valence-corrected chi connectivity index (χ0v) is 8.87. The van der Waals surface area contributed by atoms with Gasteiger partial charge in [0.1, 0.15) is 5.82 Å². The number of rotatable bonds is 3. The summed E-state index contributed by atoms with van der Waals surface area (Å²) in [5.41, 5.74) is 1.34. The van der Waals surface area contributed by atoms with Crippen molar-refractivity contribution in [2.24, 2.45) is 0 Å². The van der Waals surface area contributed by atoms with Gasteiger partial charge in [-0.25, -0.2) is 4.98 Å². The van der Waals surface area contributed by atoms with Crippen LogP contribution in [0.1, 0.15) is 11.4 Å². The van der Waals surface area contributed by atoms with Crippen LogP contribution in [0.15, 0.2) is 42.7 Å². The van der Waals surface area contributed by atoms with E-state index >= 15 is 0 Å². The van der Waals surface area contributed by atoms with Crippen LogP contribution in [0.5, 0.6) is 0 Å². The van der Waals surface area contributed by atoms with E-state index in [0.29, 0.717) is 0 Å². The molecule has 0 aliphatic rings. The summed E-state index contributed by atoms with van der Waals surface area (Å²) in [6.45, 7) is 2.01. The number of nitrogens with zero attached hydrogens (tertiary/aromatic N) is 2. The fourth-order valence-electron chi connectivity index (χ4n) is 1.22. The third-order valence-electron chi connectivity index (χ3n) is 2.00. The molecule has 2 aromatic rings. The fraction of sp³-hybridized carbons (Fsp3) is 0.182. The Hall–Kier alpha value is -1.22. The van der Waals surface area contributed by atoms with Crippen molar-refractivity contribution in [2.45, 2.75) is 12.7 Å². The topological polar surface area (TPSA) is 17.8 Å². The molecule has 0 atom stereocenters. The highest BCUT2D eigenvalue weighted by molar-refractivity contribution is 7.97. The van der Waals surface area contributed by atoms with Crippen molar-refractivity contribution in [3.63, 3.8) is 0 Å². The SMILES string of the molecule is Cc1nccn1SCc1ccccc1. The van der Waals surface area contributed by atoms with Gasteiger partial charge in [0.2, 0.25) is 0 Å². The highest BCUT2D eigenvalue weighted by atomic mass is 32.2. The van der Waals surface area contributed by atoms with E-state index in [1.165, 1.54) is 5.56 Å². The lowest BCUT2D eigenvalue weighted by atomic mass is 10.2. The second kappa shape index (κ2) is 4.33. The lowest BCUT2D eigenvalue weighted by Crippen LogP contribution is -1.90. The van der Waals surface area contributed by atoms with Crippen LogP contribution < -0.4 is 0 Å². The molecular formula is C11H12N2S. The molecule has 14 heavy (non-hydrogen) atoms. The van der Waals surface area contributed by atoms with Crippen LogP contribution in [0.2, 0.25) is 0 Å². The number of imidazole rings is 1. The maximum Gasteiger partial charge on any atom is 0.115 e. The molecule has 72 valence electrons. The predicted molar refractivity (Wildman–Crippen MR) is 60.1 cm³/mol. The summed E-state index contributed by atoms with van der Waals surface area (Å²) in [7, 11) is 0. The van der Waals surface area contributed by atoms with Crippen LogP contribution in [0.3, 0.4) is 0 Å². The zero-order valence-electron chi connectivity index (χ0n) is 8.05. The molecule has 2 rings (SSSR count). The molecule has 2 nitrogen and oxygen atoms in total. The molecule has 1 aromatic heterocycles. The average Bonchev–Trinajstić information content (AvgIpc) is 2.63. The van der Waals surface area contributed by atoms with Gasteiger partial charge in [0.25, 0.3) is 0 Å². The van der Waals surface area contributed by atoms with Gasteiger partial charge >= 0.3 is 0 Å². The minimum absolute atomic E-state index is 0.984. The van der Waals surface area contributed by atoms with Crippen LogP contribution in [0.25, 0.3) is 0 Å².